The topological polar surface area (TPSA) is 113 Å². The molecule has 0 unspecified atom stereocenters. The van der Waals surface area contributed by atoms with Gasteiger partial charge in [0.15, 0.2) is 5.65 Å². The number of rotatable bonds is 7. The lowest BCUT2D eigenvalue weighted by Crippen LogP contribution is -2.49. The Kier molecular flexibility index (Phi) is 6.59. The van der Waals surface area contributed by atoms with Crippen molar-refractivity contribution in [2.45, 2.75) is 20.4 Å². The molecule has 0 spiro atoms. The van der Waals surface area contributed by atoms with Crippen LogP contribution in [0.4, 0.5) is 5.69 Å². The summed E-state index contributed by atoms with van der Waals surface area (Å²) >= 11 is 0. The first-order valence-electron chi connectivity index (χ1n) is 11.8. The number of hydrogen-bond acceptors (Lipinski definition) is 8. The van der Waals surface area contributed by atoms with Crippen LogP contribution in [0.5, 0.6) is 0 Å². The van der Waals surface area contributed by atoms with Crippen molar-refractivity contribution in [1.29, 1.82) is 0 Å². The maximum Gasteiger partial charge on any atom is 0.262 e. The van der Waals surface area contributed by atoms with Gasteiger partial charge in [0.1, 0.15) is 17.2 Å². The van der Waals surface area contributed by atoms with Crippen molar-refractivity contribution < 1.29 is 9.32 Å². The Morgan fingerprint density at radius 2 is 2.06 bits per heavy atom. The number of carbonyl (C=O) groups excluding carboxylic acids is 1. The lowest BCUT2D eigenvalue weighted by molar-refractivity contribution is 0.0978. The first-order chi connectivity index (χ1) is 17.5. The second kappa shape index (κ2) is 10.1. The van der Waals surface area contributed by atoms with Crippen LogP contribution in [0, 0.1) is 19.8 Å². The summed E-state index contributed by atoms with van der Waals surface area (Å²) in [5, 5.41) is 14.6. The van der Waals surface area contributed by atoms with Crippen LogP contribution < -0.4 is 10.6 Å². The van der Waals surface area contributed by atoms with Gasteiger partial charge in [0.05, 0.1) is 17.6 Å². The third kappa shape index (κ3) is 5.18. The van der Waals surface area contributed by atoms with Crippen LogP contribution >= 0.6 is 0 Å². The van der Waals surface area contributed by atoms with Crippen molar-refractivity contribution in [1.82, 2.24) is 35.3 Å². The highest BCUT2D eigenvalue weighted by Crippen LogP contribution is 2.24. The molecular weight excluding hydrogens is 456 g/mol. The molecule has 5 rings (SSSR count). The smallest absolute Gasteiger partial charge is 0.262 e. The average Bonchev–Trinajstić information content (AvgIpc) is 3.47. The number of carbonyl (C=O) groups is 1. The number of hydrogen-bond donors (Lipinski definition) is 2. The van der Waals surface area contributed by atoms with E-state index in [9.17, 15) is 4.79 Å². The summed E-state index contributed by atoms with van der Waals surface area (Å²) in [6, 6.07) is 11.6. The van der Waals surface area contributed by atoms with Crippen molar-refractivity contribution in [2.24, 2.45) is 10.9 Å². The minimum absolute atomic E-state index is 0.279. The Morgan fingerprint density at radius 1 is 1.25 bits per heavy atom. The third-order valence-electron chi connectivity index (χ3n) is 6.09. The Morgan fingerprint density at radius 3 is 2.78 bits per heavy atom. The minimum atomic E-state index is -0.321. The summed E-state index contributed by atoms with van der Waals surface area (Å²) in [4.78, 5) is 24.5. The highest BCUT2D eigenvalue weighted by Gasteiger charge is 2.30. The number of likely N-dealkylation sites (tertiary alicyclic amines) is 1. The number of amidine groups is 1. The summed E-state index contributed by atoms with van der Waals surface area (Å²) in [5.41, 5.74) is 4.67. The quantitative estimate of drug-likeness (QED) is 0.306. The summed E-state index contributed by atoms with van der Waals surface area (Å²) in [5.74, 6) is 1.21. The molecule has 1 saturated heterocycles. The van der Waals surface area contributed by atoms with Gasteiger partial charge in [0.2, 0.25) is 0 Å². The number of benzene rings is 1. The molecule has 2 N–H and O–H groups in total. The molecule has 0 saturated carbocycles. The SMILES string of the molecule is CNC(=CC(=Nc1ccc(C)cc1)NC(=O)c1cnn2cccnc12)C1CN(Cc2cc(C)on2)C1. The number of aromatic nitrogens is 4. The molecule has 1 fully saturated rings. The number of aryl methyl sites for hydroxylation is 2. The molecule has 36 heavy (non-hydrogen) atoms. The first-order valence-corrected chi connectivity index (χ1v) is 11.8. The van der Waals surface area contributed by atoms with E-state index >= 15 is 0 Å². The average molecular weight is 485 g/mol. The number of fused-ring (bicyclic) bond motifs is 1. The van der Waals surface area contributed by atoms with Crippen molar-refractivity contribution in [2.75, 3.05) is 20.1 Å². The molecule has 1 amide bonds. The molecule has 0 aliphatic carbocycles. The fraction of sp³-hybridized carbons (Fsp3) is 0.269. The largest absolute Gasteiger partial charge is 0.391 e. The zero-order chi connectivity index (χ0) is 25.1. The van der Waals surface area contributed by atoms with E-state index < -0.39 is 0 Å². The molecule has 0 bridgehead atoms. The summed E-state index contributed by atoms with van der Waals surface area (Å²) in [6.45, 7) is 6.39. The Bertz CT molecular complexity index is 1430. The predicted octanol–water partition coefficient (Wildman–Crippen LogP) is 3.03. The van der Waals surface area contributed by atoms with Crippen molar-refractivity contribution in [3.63, 3.8) is 0 Å². The maximum atomic E-state index is 13.2. The van der Waals surface area contributed by atoms with Crippen LogP contribution in [0.2, 0.25) is 0 Å². The molecule has 0 atom stereocenters. The summed E-state index contributed by atoms with van der Waals surface area (Å²) < 4.78 is 6.74. The van der Waals surface area contributed by atoms with Gasteiger partial charge < -0.3 is 15.2 Å². The molecule has 1 aliphatic rings. The van der Waals surface area contributed by atoms with E-state index in [0.717, 1.165) is 48.0 Å². The molecule has 10 heteroatoms. The molecule has 4 aromatic rings. The lowest BCUT2D eigenvalue weighted by Gasteiger charge is -2.40. The number of amides is 1. The molecule has 4 heterocycles. The Balaban J connectivity index is 1.36. The fourth-order valence-corrected chi connectivity index (χ4v) is 4.18. The van der Waals surface area contributed by atoms with Crippen molar-refractivity contribution in [3.8, 4) is 0 Å². The van der Waals surface area contributed by atoms with E-state index in [2.05, 4.69) is 30.8 Å². The second-order valence-electron chi connectivity index (χ2n) is 8.90. The Hall–Kier alpha value is -4.31. The molecular formula is C26H28N8O2. The maximum absolute atomic E-state index is 13.2. The van der Waals surface area contributed by atoms with E-state index in [4.69, 9.17) is 9.52 Å². The highest BCUT2D eigenvalue weighted by molar-refractivity contribution is 6.13. The monoisotopic (exact) mass is 484 g/mol. The van der Waals surface area contributed by atoms with Gasteiger partial charge in [-0.05, 0) is 32.0 Å². The second-order valence-corrected chi connectivity index (χ2v) is 8.90. The van der Waals surface area contributed by atoms with E-state index in [0.29, 0.717) is 17.0 Å². The van der Waals surface area contributed by atoms with Gasteiger partial charge in [-0.3, -0.25) is 9.69 Å². The Labute approximate surface area is 208 Å². The lowest BCUT2D eigenvalue weighted by atomic mass is 9.95. The molecule has 1 aliphatic heterocycles. The van der Waals surface area contributed by atoms with E-state index in [1.54, 1.807) is 23.0 Å². The van der Waals surface area contributed by atoms with Crippen LogP contribution in [0.15, 0.2) is 76.3 Å². The number of nitrogens with zero attached hydrogens (tertiary/aromatic N) is 6. The summed E-state index contributed by atoms with van der Waals surface area (Å²) in [7, 11) is 1.88. The number of aliphatic imine (C=N–C) groups is 1. The highest BCUT2D eigenvalue weighted by atomic mass is 16.5. The first kappa shape index (κ1) is 23.4. The molecule has 10 nitrogen and oxygen atoms in total. The van der Waals surface area contributed by atoms with Gasteiger partial charge in [-0.2, -0.15) is 5.10 Å². The predicted molar refractivity (Wildman–Crippen MR) is 136 cm³/mol. The summed E-state index contributed by atoms with van der Waals surface area (Å²) in [6.07, 6.45) is 6.80. The van der Waals surface area contributed by atoms with Crippen molar-refractivity contribution >= 4 is 23.1 Å². The van der Waals surface area contributed by atoms with Crippen LogP contribution in [0.3, 0.4) is 0 Å². The molecule has 184 valence electrons. The number of nitrogens with one attached hydrogen (secondary N) is 2. The van der Waals surface area contributed by atoms with E-state index in [1.165, 1.54) is 6.20 Å². The van der Waals surface area contributed by atoms with Gasteiger partial charge in [-0.15, -0.1) is 0 Å². The fourth-order valence-electron chi connectivity index (χ4n) is 4.18. The minimum Gasteiger partial charge on any atom is -0.391 e. The van der Waals surface area contributed by atoms with Gasteiger partial charge in [0, 0.05) is 62.8 Å². The van der Waals surface area contributed by atoms with Gasteiger partial charge in [-0.1, -0.05) is 22.9 Å². The normalized spacial score (nSPS) is 15.2. The van der Waals surface area contributed by atoms with Gasteiger partial charge in [0.25, 0.3) is 5.91 Å². The van der Waals surface area contributed by atoms with Crippen molar-refractivity contribution in [3.05, 3.63) is 89.3 Å². The molecule has 1 aromatic carbocycles. The van der Waals surface area contributed by atoms with Crippen LogP contribution in [0.1, 0.15) is 27.4 Å². The van der Waals surface area contributed by atoms with Crippen LogP contribution in [-0.4, -0.2) is 56.5 Å². The third-order valence-corrected chi connectivity index (χ3v) is 6.09. The molecule has 3 aromatic heterocycles. The standard InChI is InChI=1S/C26H28N8O2/c1-17-5-7-20(8-6-17)30-24(31-26(35)22-13-29-34-10-4-9-28-25(22)34)12-23(27-3)19-14-33(15-19)16-21-11-18(2)36-32-21/h4-13,19,27H,14-16H2,1-3H3,(H,30,31,35). The van der Waals surface area contributed by atoms with Crippen LogP contribution in [0.25, 0.3) is 5.65 Å². The molecule has 0 radical (unpaired) electrons. The van der Waals surface area contributed by atoms with Gasteiger partial charge >= 0.3 is 0 Å². The zero-order valence-electron chi connectivity index (χ0n) is 20.5. The van der Waals surface area contributed by atoms with E-state index in [1.807, 2.05) is 57.3 Å². The van der Waals surface area contributed by atoms with Crippen LogP contribution in [-0.2, 0) is 6.54 Å². The zero-order valence-corrected chi connectivity index (χ0v) is 20.5. The van der Waals surface area contributed by atoms with E-state index in [-0.39, 0.29) is 11.8 Å². The van der Waals surface area contributed by atoms with Gasteiger partial charge in [-0.25, -0.2) is 14.5 Å².